The number of ether oxygens (including phenoxy) is 1. The molecule has 1 N–H and O–H groups in total. The summed E-state index contributed by atoms with van der Waals surface area (Å²) in [6.45, 7) is 3.26. The van der Waals surface area contributed by atoms with Crippen molar-refractivity contribution in [2.75, 3.05) is 19.8 Å². The highest BCUT2D eigenvalue weighted by Gasteiger charge is 2.14. The summed E-state index contributed by atoms with van der Waals surface area (Å²) in [7, 11) is 0. The van der Waals surface area contributed by atoms with Gasteiger partial charge in [-0.05, 0) is 46.8 Å². The number of hydrogen-bond acceptors (Lipinski definition) is 5. The van der Waals surface area contributed by atoms with E-state index in [1.54, 1.807) is 0 Å². The van der Waals surface area contributed by atoms with Crippen molar-refractivity contribution >= 4 is 15.9 Å². The van der Waals surface area contributed by atoms with E-state index in [2.05, 4.69) is 31.4 Å². The molecule has 0 saturated carbocycles. The molecule has 1 atom stereocenters. The van der Waals surface area contributed by atoms with Crippen LogP contribution in [0.4, 0.5) is 0 Å². The molecule has 0 aliphatic carbocycles. The first-order valence-electron chi connectivity index (χ1n) is 7.18. The molecule has 6 heteroatoms. The van der Waals surface area contributed by atoms with Gasteiger partial charge in [0, 0.05) is 17.6 Å². The molecule has 1 saturated heterocycles. The van der Waals surface area contributed by atoms with E-state index in [1.807, 2.05) is 24.3 Å². The molecule has 1 unspecified atom stereocenters. The molecule has 3 rings (SSSR count). The average Bonchev–Trinajstić information content (AvgIpc) is 2.97. The Morgan fingerprint density at radius 2 is 2.19 bits per heavy atom. The molecule has 21 heavy (non-hydrogen) atoms. The second-order valence-electron chi connectivity index (χ2n) is 5.19. The fraction of sp³-hybridized carbons (Fsp3) is 0.467. The molecule has 1 aromatic carbocycles. The van der Waals surface area contributed by atoms with Crippen LogP contribution in [0.15, 0.2) is 33.2 Å². The Morgan fingerprint density at radius 1 is 1.29 bits per heavy atom. The van der Waals surface area contributed by atoms with E-state index < -0.39 is 0 Å². The summed E-state index contributed by atoms with van der Waals surface area (Å²) in [4.78, 5) is 0. The van der Waals surface area contributed by atoms with Crippen LogP contribution < -0.4 is 5.32 Å². The highest BCUT2D eigenvalue weighted by molar-refractivity contribution is 9.10. The van der Waals surface area contributed by atoms with E-state index >= 15 is 0 Å². The zero-order chi connectivity index (χ0) is 14.5. The number of hydrogen-bond donors (Lipinski definition) is 1. The fourth-order valence-corrected chi connectivity index (χ4v) is 2.87. The number of nitrogens with one attached hydrogen (secondary N) is 1. The fourth-order valence-electron chi connectivity index (χ4n) is 2.42. The SMILES string of the molecule is Brc1ccccc1-c1nnc(CNCC2CCCOC2)o1. The first-order chi connectivity index (χ1) is 10.3. The molecule has 0 amide bonds. The predicted octanol–water partition coefficient (Wildman–Crippen LogP) is 3.02. The summed E-state index contributed by atoms with van der Waals surface area (Å²) in [6, 6.07) is 7.82. The second kappa shape index (κ2) is 7.15. The third-order valence-electron chi connectivity index (χ3n) is 3.53. The maximum absolute atomic E-state index is 5.69. The highest BCUT2D eigenvalue weighted by Crippen LogP contribution is 2.26. The minimum atomic E-state index is 0.542. The maximum atomic E-state index is 5.69. The van der Waals surface area contributed by atoms with E-state index in [-0.39, 0.29) is 0 Å². The molecule has 2 heterocycles. The quantitative estimate of drug-likeness (QED) is 0.896. The molecule has 0 bridgehead atoms. The lowest BCUT2D eigenvalue weighted by Gasteiger charge is -2.21. The zero-order valence-electron chi connectivity index (χ0n) is 11.7. The normalized spacial score (nSPS) is 18.8. The van der Waals surface area contributed by atoms with Crippen LogP contribution >= 0.6 is 15.9 Å². The van der Waals surface area contributed by atoms with E-state index in [0.717, 1.165) is 36.2 Å². The summed E-state index contributed by atoms with van der Waals surface area (Å²) < 4.78 is 12.1. The van der Waals surface area contributed by atoms with Gasteiger partial charge in [0.05, 0.1) is 18.7 Å². The molecular weight excluding hydrogens is 334 g/mol. The van der Waals surface area contributed by atoms with Gasteiger partial charge >= 0.3 is 0 Å². The Balaban J connectivity index is 1.54. The number of benzene rings is 1. The Labute approximate surface area is 132 Å². The number of aromatic nitrogens is 2. The molecule has 1 aliphatic heterocycles. The van der Waals surface area contributed by atoms with Crippen molar-refractivity contribution < 1.29 is 9.15 Å². The Hall–Kier alpha value is -1.24. The van der Waals surface area contributed by atoms with Gasteiger partial charge in [-0.15, -0.1) is 10.2 Å². The number of rotatable bonds is 5. The minimum Gasteiger partial charge on any atom is -0.419 e. The van der Waals surface area contributed by atoms with Gasteiger partial charge in [-0.2, -0.15) is 0 Å². The third-order valence-corrected chi connectivity index (χ3v) is 4.23. The van der Waals surface area contributed by atoms with Gasteiger partial charge in [0.25, 0.3) is 0 Å². The van der Waals surface area contributed by atoms with Crippen molar-refractivity contribution in [1.82, 2.24) is 15.5 Å². The van der Waals surface area contributed by atoms with Gasteiger partial charge in [0.2, 0.25) is 11.8 Å². The largest absolute Gasteiger partial charge is 0.419 e. The summed E-state index contributed by atoms with van der Waals surface area (Å²) in [5, 5.41) is 11.5. The molecule has 1 aromatic heterocycles. The van der Waals surface area contributed by atoms with Gasteiger partial charge in [-0.1, -0.05) is 12.1 Å². The van der Waals surface area contributed by atoms with Crippen molar-refractivity contribution in [1.29, 1.82) is 0 Å². The molecule has 1 aliphatic rings. The monoisotopic (exact) mass is 351 g/mol. The molecule has 1 fully saturated rings. The van der Waals surface area contributed by atoms with Crippen LogP contribution in [0.3, 0.4) is 0 Å². The summed E-state index contributed by atoms with van der Waals surface area (Å²) in [6.07, 6.45) is 2.37. The molecular formula is C15H18BrN3O2. The van der Waals surface area contributed by atoms with Crippen LogP contribution in [0.1, 0.15) is 18.7 Å². The van der Waals surface area contributed by atoms with E-state index in [0.29, 0.717) is 24.2 Å². The van der Waals surface area contributed by atoms with Crippen molar-refractivity contribution in [3.63, 3.8) is 0 Å². The molecule has 2 aromatic rings. The van der Waals surface area contributed by atoms with Gasteiger partial charge in [0.15, 0.2) is 0 Å². The summed E-state index contributed by atoms with van der Waals surface area (Å²) in [5.41, 5.74) is 0.914. The number of halogens is 1. The van der Waals surface area contributed by atoms with Crippen LogP contribution in [0, 0.1) is 5.92 Å². The van der Waals surface area contributed by atoms with Crippen LogP contribution in [-0.4, -0.2) is 30.0 Å². The molecule has 112 valence electrons. The van der Waals surface area contributed by atoms with E-state index in [9.17, 15) is 0 Å². The zero-order valence-corrected chi connectivity index (χ0v) is 13.3. The smallest absolute Gasteiger partial charge is 0.248 e. The lowest BCUT2D eigenvalue weighted by atomic mass is 10.0. The highest BCUT2D eigenvalue weighted by atomic mass is 79.9. The van der Waals surface area contributed by atoms with Gasteiger partial charge < -0.3 is 14.5 Å². The predicted molar refractivity (Wildman–Crippen MR) is 82.7 cm³/mol. The lowest BCUT2D eigenvalue weighted by molar-refractivity contribution is 0.0545. The molecule has 0 spiro atoms. The van der Waals surface area contributed by atoms with Crippen LogP contribution in [0.25, 0.3) is 11.5 Å². The van der Waals surface area contributed by atoms with Crippen molar-refractivity contribution in [2.24, 2.45) is 5.92 Å². The van der Waals surface area contributed by atoms with E-state index in [4.69, 9.17) is 9.15 Å². The summed E-state index contributed by atoms with van der Waals surface area (Å²) in [5.74, 6) is 1.74. The maximum Gasteiger partial charge on any atom is 0.248 e. The molecule has 5 nitrogen and oxygen atoms in total. The summed E-state index contributed by atoms with van der Waals surface area (Å²) >= 11 is 3.49. The van der Waals surface area contributed by atoms with Crippen LogP contribution in [-0.2, 0) is 11.3 Å². The second-order valence-corrected chi connectivity index (χ2v) is 6.05. The molecule has 0 radical (unpaired) electrons. The minimum absolute atomic E-state index is 0.542. The van der Waals surface area contributed by atoms with Gasteiger partial charge in [-0.3, -0.25) is 0 Å². The Morgan fingerprint density at radius 3 is 3.00 bits per heavy atom. The topological polar surface area (TPSA) is 60.2 Å². The first-order valence-corrected chi connectivity index (χ1v) is 7.98. The van der Waals surface area contributed by atoms with Crippen LogP contribution in [0.2, 0.25) is 0 Å². The average molecular weight is 352 g/mol. The van der Waals surface area contributed by atoms with Gasteiger partial charge in [-0.25, -0.2) is 0 Å². The Kier molecular flexibility index (Phi) is 5.00. The van der Waals surface area contributed by atoms with Crippen LogP contribution in [0.5, 0.6) is 0 Å². The Bertz CT molecular complexity index is 582. The van der Waals surface area contributed by atoms with Gasteiger partial charge in [0.1, 0.15) is 0 Å². The standard InChI is InChI=1S/C15H18BrN3O2/c16-13-6-2-1-5-12(13)15-19-18-14(21-15)9-17-8-11-4-3-7-20-10-11/h1-2,5-6,11,17H,3-4,7-10H2. The first kappa shape index (κ1) is 14.7. The van der Waals surface area contributed by atoms with Crippen molar-refractivity contribution in [2.45, 2.75) is 19.4 Å². The van der Waals surface area contributed by atoms with E-state index in [1.165, 1.54) is 6.42 Å². The third kappa shape index (κ3) is 3.90. The lowest BCUT2D eigenvalue weighted by Crippen LogP contribution is -2.28. The van der Waals surface area contributed by atoms with Crippen molar-refractivity contribution in [3.8, 4) is 11.5 Å². The van der Waals surface area contributed by atoms with Crippen molar-refractivity contribution in [3.05, 3.63) is 34.6 Å². The number of nitrogens with zero attached hydrogens (tertiary/aromatic N) is 2.